The minimum atomic E-state index is -1.40. The van der Waals surface area contributed by atoms with E-state index in [4.69, 9.17) is 0 Å². The number of rotatable bonds is 4. The summed E-state index contributed by atoms with van der Waals surface area (Å²) in [5.41, 5.74) is 0.466. The van der Waals surface area contributed by atoms with Crippen LogP contribution in [-0.2, 0) is 6.54 Å². The number of piperidine rings is 1. The van der Waals surface area contributed by atoms with Gasteiger partial charge in [-0.15, -0.1) is 12.4 Å². The van der Waals surface area contributed by atoms with Gasteiger partial charge in [-0.1, -0.05) is 0 Å². The van der Waals surface area contributed by atoms with Gasteiger partial charge >= 0.3 is 0 Å². The van der Waals surface area contributed by atoms with E-state index in [1.807, 2.05) is 11.9 Å². The molecule has 0 saturated carbocycles. The second kappa shape index (κ2) is 7.86. The highest BCUT2D eigenvalue weighted by Gasteiger charge is 2.16. The zero-order valence-corrected chi connectivity index (χ0v) is 12.3. The molecule has 20 heavy (non-hydrogen) atoms. The second-order valence-electron chi connectivity index (χ2n) is 5.26. The highest BCUT2D eigenvalue weighted by Crippen LogP contribution is 2.17. The zero-order chi connectivity index (χ0) is 13.8. The van der Waals surface area contributed by atoms with Gasteiger partial charge in [0.15, 0.2) is 17.5 Å². The van der Waals surface area contributed by atoms with Gasteiger partial charge in [-0.3, -0.25) is 0 Å². The molecule has 0 atom stereocenters. The van der Waals surface area contributed by atoms with E-state index < -0.39 is 17.5 Å². The molecule has 1 heterocycles. The molecular weight excluding hydrogens is 289 g/mol. The highest BCUT2D eigenvalue weighted by atomic mass is 35.5. The molecule has 0 amide bonds. The normalized spacial score (nSPS) is 16.2. The minimum Gasteiger partial charge on any atom is -0.317 e. The first-order chi connectivity index (χ1) is 9.06. The lowest BCUT2D eigenvalue weighted by atomic mass is 9.97. The maximum atomic E-state index is 13.1. The fourth-order valence-corrected chi connectivity index (χ4v) is 2.58. The predicted octanol–water partition coefficient (Wildman–Crippen LogP) is 2.96. The fourth-order valence-electron chi connectivity index (χ4n) is 2.58. The van der Waals surface area contributed by atoms with Gasteiger partial charge in [0.25, 0.3) is 0 Å². The van der Waals surface area contributed by atoms with E-state index in [0.29, 0.717) is 18.0 Å². The number of nitrogens with zero attached hydrogens (tertiary/aromatic N) is 1. The molecule has 6 heteroatoms. The van der Waals surface area contributed by atoms with Crippen molar-refractivity contribution in [3.8, 4) is 0 Å². The Morgan fingerprint density at radius 1 is 1.15 bits per heavy atom. The van der Waals surface area contributed by atoms with Crippen molar-refractivity contribution in [2.24, 2.45) is 5.92 Å². The van der Waals surface area contributed by atoms with Crippen LogP contribution < -0.4 is 5.32 Å². The Bertz CT molecular complexity index is 413. The Morgan fingerprint density at radius 2 is 1.70 bits per heavy atom. The molecule has 114 valence electrons. The molecular formula is C14H20ClF3N2. The van der Waals surface area contributed by atoms with Crippen molar-refractivity contribution in [1.82, 2.24) is 10.2 Å². The maximum Gasteiger partial charge on any atom is 0.194 e. The Balaban J connectivity index is 0.00000200. The third-order valence-corrected chi connectivity index (χ3v) is 3.52. The Morgan fingerprint density at radius 3 is 2.25 bits per heavy atom. The lowest BCUT2D eigenvalue weighted by molar-refractivity contribution is 0.234. The summed E-state index contributed by atoms with van der Waals surface area (Å²) in [5, 5.41) is 3.30. The third-order valence-electron chi connectivity index (χ3n) is 3.52. The molecule has 1 N–H and O–H groups in total. The van der Waals surface area contributed by atoms with Crippen molar-refractivity contribution in [2.45, 2.75) is 19.4 Å². The van der Waals surface area contributed by atoms with Crippen LogP contribution in [0.2, 0.25) is 0 Å². The van der Waals surface area contributed by atoms with Crippen LogP contribution in [0, 0.1) is 23.4 Å². The molecule has 0 bridgehead atoms. The minimum absolute atomic E-state index is 0. The summed E-state index contributed by atoms with van der Waals surface area (Å²) in [5.74, 6) is -3.03. The van der Waals surface area contributed by atoms with Crippen LogP contribution in [0.25, 0.3) is 0 Å². The molecule has 1 aromatic carbocycles. The average Bonchev–Trinajstić information content (AvgIpc) is 2.37. The molecule has 2 nitrogen and oxygen atoms in total. The number of nitrogens with one attached hydrogen (secondary N) is 1. The number of benzene rings is 1. The quantitative estimate of drug-likeness (QED) is 0.860. The molecule has 0 aromatic heterocycles. The molecule has 1 saturated heterocycles. The molecule has 2 rings (SSSR count). The van der Waals surface area contributed by atoms with Crippen molar-refractivity contribution in [2.75, 3.05) is 26.7 Å². The van der Waals surface area contributed by atoms with Gasteiger partial charge in [0, 0.05) is 13.1 Å². The Labute approximate surface area is 123 Å². The molecule has 1 fully saturated rings. The van der Waals surface area contributed by atoms with E-state index in [0.717, 1.165) is 44.6 Å². The zero-order valence-electron chi connectivity index (χ0n) is 11.5. The van der Waals surface area contributed by atoms with Crippen LogP contribution in [0.15, 0.2) is 12.1 Å². The van der Waals surface area contributed by atoms with Crippen LogP contribution >= 0.6 is 12.4 Å². The van der Waals surface area contributed by atoms with Crippen molar-refractivity contribution in [3.05, 3.63) is 35.1 Å². The van der Waals surface area contributed by atoms with E-state index in [2.05, 4.69) is 5.32 Å². The molecule has 0 aliphatic carbocycles. The monoisotopic (exact) mass is 308 g/mol. The fraction of sp³-hybridized carbons (Fsp3) is 0.571. The lowest BCUT2D eigenvalue weighted by Gasteiger charge is -2.27. The van der Waals surface area contributed by atoms with Crippen LogP contribution in [0.3, 0.4) is 0 Å². The third kappa shape index (κ3) is 4.65. The first-order valence-corrected chi connectivity index (χ1v) is 6.59. The summed E-state index contributed by atoms with van der Waals surface area (Å²) in [6, 6.07) is 2.13. The summed E-state index contributed by atoms with van der Waals surface area (Å²) in [7, 11) is 1.92. The SMILES string of the molecule is CN(Cc1cc(F)c(F)c(F)c1)CC1CCNCC1.Cl. The van der Waals surface area contributed by atoms with Gasteiger partial charge in [-0.05, 0) is 56.6 Å². The highest BCUT2D eigenvalue weighted by molar-refractivity contribution is 5.85. The topological polar surface area (TPSA) is 15.3 Å². The summed E-state index contributed by atoms with van der Waals surface area (Å²) >= 11 is 0. The molecule has 0 spiro atoms. The van der Waals surface area contributed by atoms with E-state index >= 15 is 0 Å². The van der Waals surface area contributed by atoms with E-state index in [1.54, 1.807) is 0 Å². The van der Waals surface area contributed by atoms with Crippen molar-refractivity contribution < 1.29 is 13.2 Å². The molecule has 1 aromatic rings. The number of hydrogen-bond donors (Lipinski definition) is 1. The first-order valence-electron chi connectivity index (χ1n) is 6.59. The van der Waals surface area contributed by atoms with Crippen molar-refractivity contribution >= 4 is 12.4 Å². The first kappa shape index (κ1) is 17.3. The van der Waals surface area contributed by atoms with Gasteiger partial charge in [-0.25, -0.2) is 13.2 Å². The van der Waals surface area contributed by atoms with Crippen LogP contribution in [0.4, 0.5) is 13.2 Å². The van der Waals surface area contributed by atoms with Gasteiger partial charge < -0.3 is 10.2 Å². The van der Waals surface area contributed by atoms with Crippen molar-refractivity contribution in [1.29, 1.82) is 0 Å². The van der Waals surface area contributed by atoms with Crippen LogP contribution in [-0.4, -0.2) is 31.6 Å². The molecule has 0 unspecified atom stereocenters. The summed E-state index contributed by atoms with van der Waals surface area (Å²) in [4.78, 5) is 2.03. The van der Waals surface area contributed by atoms with E-state index in [1.165, 1.54) is 0 Å². The number of hydrogen-bond acceptors (Lipinski definition) is 2. The lowest BCUT2D eigenvalue weighted by Crippen LogP contribution is -2.34. The van der Waals surface area contributed by atoms with Gasteiger partial charge in [0.05, 0.1) is 0 Å². The smallest absolute Gasteiger partial charge is 0.194 e. The van der Waals surface area contributed by atoms with Crippen LogP contribution in [0.1, 0.15) is 18.4 Å². The summed E-state index contributed by atoms with van der Waals surface area (Å²) < 4.78 is 39.1. The standard InChI is InChI=1S/C14H19F3N2.ClH/c1-19(8-10-2-4-18-5-3-10)9-11-6-12(15)14(17)13(16)7-11;/h6-7,10,18H,2-5,8-9H2,1H3;1H. The van der Waals surface area contributed by atoms with E-state index in [-0.39, 0.29) is 12.4 Å². The van der Waals surface area contributed by atoms with Crippen LogP contribution in [0.5, 0.6) is 0 Å². The van der Waals surface area contributed by atoms with Gasteiger partial charge in [0.1, 0.15) is 0 Å². The second-order valence-corrected chi connectivity index (χ2v) is 5.26. The molecule has 1 aliphatic heterocycles. The summed E-state index contributed by atoms with van der Waals surface area (Å²) in [6.07, 6.45) is 2.24. The Hall–Kier alpha value is -0.780. The largest absolute Gasteiger partial charge is 0.317 e. The van der Waals surface area contributed by atoms with Crippen molar-refractivity contribution in [3.63, 3.8) is 0 Å². The van der Waals surface area contributed by atoms with Gasteiger partial charge in [0.2, 0.25) is 0 Å². The summed E-state index contributed by atoms with van der Waals surface area (Å²) in [6.45, 7) is 3.37. The number of halogens is 4. The predicted molar refractivity (Wildman–Crippen MR) is 75.5 cm³/mol. The Kier molecular flexibility index (Phi) is 6.79. The molecule has 1 aliphatic rings. The maximum absolute atomic E-state index is 13.1. The molecule has 0 radical (unpaired) electrons. The average molecular weight is 309 g/mol. The van der Waals surface area contributed by atoms with Gasteiger partial charge in [-0.2, -0.15) is 0 Å². The van der Waals surface area contributed by atoms with E-state index in [9.17, 15) is 13.2 Å².